The second-order valence-corrected chi connectivity index (χ2v) is 4.77. The summed E-state index contributed by atoms with van der Waals surface area (Å²) in [6.45, 7) is 11.0. The molecule has 86 valence electrons. The summed E-state index contributed by atoms with van der Waals surface area (Å²) >= 11 is 0. The first-order valence-corrected chi connectivity index (χ1v) is 5.58. The van der Waals surface area contributed by atoms with Crippen molar-refractivity contribution >= 4 is 5.97 Å². The van der Waals surface area contributed by atoms with Crippen molar-refractivity contribution in [1.82, 2.24) is 4.90 Å². The van der Waals surface area contributed by atoms with Gasteiger partial charge in [-0.05, 0) is 25.2 Å². The first-order chi connectivity index (χ1) is 6.97. The Bertz CT molecular complexity index is 252. The quantitative estimate of drug-likeness (QED) is 0.726. The van der Waals surface area contributed by atoms with Gasteiger partial charge in [0, 0.05) is 12.6 Å². The van der Waals surface area contributed by atoms with E-state index < -0.39 is 12.0 Å². The van der Waals surface area contributed by atoms with Crippen LogP contribution in [0, 0.1) is 11.8 Å². The molecule has 1 saturated heterocycles. The molecule has 0 amide bonds. The molecule has 0 aliphatic carbocycles. The molecule has 1 fully saturated rings. The average Bonchev–Trinajstić information content (AvgIpc) is 2.13. The fourth-order valence-corrected chi connectivity index (χ4v) is 2.50. The Balaban J connectivity index is 2.81. The minimum atomic E-state index is -0.793. The predicted molar refractivity (Wildman–Crippen MR) is 60.7 cm³/mol. The van der Waals surface area contributed by atoms with Crippen LogP contribution in [0.2, 0.25) is 0 Å². The topological polar surface area (TPSA) is 40.5 Å². The predicted octanol–water partition coefficient (Wildman–Crippen LogP) is 1.99. The van der Waals surface area contributed by atoms with Crippen LogP contribution in [-0.4, -0.2) is 34.6 Å². The van der Waals surface area contributed by atoms with Gasteiger partial charge in [0.15, 0.2) is 0 Å². The van der Waals surface area contributed by atoms with E-state index in [1.54, 1.807) is 0 Å². The smallest absolute Gasteiger partial charge is 0.324 e. The maximum atomic E-state index is 11.1. The molecule has 1 aliphatic rings. The molecule has 0 bridgehead atoms. The molecule has 3 nitrogen and oxygen atoms in total. The van der Waals surface area contributed by atoms with Crippen molar-refractivity contribution < 1.29 is 9.90 Å². The zero-order valence-electron chi connectivity index (χ0n) is 9.81. The van der Waals surface area contributed by atoms with Gasteiger partial charge in [0.25, 0.3) is 0 Å². The van der Waals surface area contributed by atoms with Crippen LogP contribution in [0.1, 0.15) is 27.2 Å². The third-order valence-electron chi connectivity index (χ3n) is 3.48. The molecule has 0 saturated carbocycles. The molecule has 1 aliphatic heterocycles. The summed E-state index contributed by atoms with van der Waals surface area (Å²) in [4.78, 5) is 13.1. The number of rotatable bonds is 3. The van der Waals surface area contributed by atoms with Crippen molar-refractivity contribution in [3.05, 3.63) is 12.7 Å². The maximum absolute atomic E-state index is 11.1. The lowest BCUT2D eigenvalue weighted by molar-refractivity contribution is -0.143. The fourth-order valence-electron chi connectivity index (χ4n) is 2.50. The molecule has 0 aromatic rings. The standard InChI is InChI=1S/C12H21NO2/c1-5-11(12(14)15)13-7-8(2)6-9(3)10(13)4/h5,8-11H,1,6-7H2,2-4H3,(H,14,15). The van der Waals surface area contributed by atoms with Crippen LogP contribution in [-0.2, 0) is 4.79 Å². The van der Waals surface area contributed by atoms with E-state index in [0.717, 1.165) is 6.54 Å². The van der Waals surface area contributed by atoms with Crippen molar-refractivity contribution in [2.75, 3.05) is 6.54 Å². The van der Waals surface area contributed by atoms with E-state index in [2.05, 4.69) is 27.4 Å². The van der Waals surface area contributed by atoms with Crippen molar-refractivity contribution in [3.63, 3.8) is 0 Å². The van der Waals surface area contributed by atoms with Gasteiger partial charge in [0.1, 0.15) is 6.04 Å². The Labute approximate surface area is 91.8 Å². The van der Waals surface area contributed by atoms with E-state index in [4.69, 9.17) is 5.11 Å². The molecule has 4 unspecified atom stereocenters. The van der Waals surface area contributed by atoms with Crippen LogP contribution in [0.4, 0.5) is 0 Å². The van der Waals surface area contributed by atoms with E-state index in [0.29, 0.717) is 17.9 Å². The summed E-state index contributed by atoms with van der Waals surface area (Å²) in [7, 11) is 0. The van der Waals surface area contributed by atoms with Crippen LogP contribution in [0.5, 0.6) is 0 Å². The number of likely N-dealkylation sites (tertiary alicyclic amines) is 1. The molecule has 1 heterocycles. The van der Waals surface area contributed by atoms with Crippen LogP contribution in [0.25, 0.3) is 0 Å². The normalized spacial score (nSPS) is 34.7. The van der Waals surface area contributed by atoms with Gasteiger partial charge in [-0.15, -0.1) is 6.58 Å². The second-order valence-electron chi connectivity index (χ2n) is 4.77. The van der Waals surface area contributed by atoms with Gasteiger partial charge in [0.2, 0.25) is 0 Å². The zero-order chi connectivity index (χ0) is 11.6. The lowest BCUT2D eigenvalue weighted by atomic mass is 9.85. The van der Waals surface area contributed by atoms with Crippen LogP contribution in [0.3, 0.4) is 0 Å². The van der Waals surface area contributed by atoms with Crippen molar-refractivity contribution in [2.45, 2.75) is 39.3 Å². The third-order valence-corrected chi connectivity index (χ3v) is 3.48. The fraction of sp³-hybridized carbons (Fsp3) is 0.750. The van der Waals surface area contributed by atoms with Crippen LogP contribution >= 0.6 is 0 Å². The van der Waals surface area contributed by atoms with E-state index in [9.17, 15) is 4.79 Å². The summed E-state index contributed by atoms with van der Waals surface area (Å²) in [5.41, 5.74) is 0. The number of carboxylic acid groups (broad SMARTS) is 1. The number of nitrogens with zero attached hydrogens (tertiary/aromatic N) is 1. The van der Waals surface area contributed by atoms with Gasteiger partial charge in [-0.1, -0.05) is 19.9 Å². The van der Waals surface area contributed by atoms with Gasteiger partial charge in [-0.3, -0.25) is 9.69 Å². The molecular weight excluding hydrogens is 190 g/mol. The number of piperidine rings is 1. The monoisotopic (exact) mass is 211 g/mol. The Morgan fingerprint density at radius 3 is 2.60 bits per heavy atom. The highest BCUT2D eigenvalue weighted by molar-refractivity contribution is 5.75. The minimum absolute atomic E-state index is 0.320. The molecule has 3 heteroatoms. The lowest BCUT2D eigenvalue weighted by Gasteiger charge is -2.43. The molecule has 0 aromatic carbocycles. The summed E-state index contributed by atoms with van der Waals surface area (Å²) in [6.07, 6.45) is 2.71. The van der Waals surface area contributed by atoms with E-state index in [1.807, 2.05) is 4.90 Å². The summed E-state index contributed by atoms with van der Waals surface area (Å²) < 4.78 is 0. The maximum Gasteiger partial charge on any atom is 0.324 e. The summed E-state index contributed by atoms with van der Waals surface area (Å²) in [6, 6.07) is -0.217. The molecule has 15 heavy (non-hydrogen) atoms. The molecule has 0 aromatic heterocycles. The Morgan fingerprint density at radius 1 is 1.53 bits per heavy atom. The number of carbonyl (C=O) groups is 1. The summed E-state index contributed by atoms with van der Waals surface area (Å²) in [5, 5.41) is 9.10. The zero-order valence-corrected chi connectivity index (χ0v) is 9.81. The molecule has 1 rings (SSSR count). The molecule has 0 radical (unpaired) electrons. The van der Waals surface area contributed by atoms with Crippen LogP contribution in [0.15, 0.2) is 12.7 Å². The first kappa shape index (κ1) is 12.2. The minimum Gasteiger partial charge on any atom is -0.480 e. The summed E-state index contributed by atoms with van der Waals surface area (Å²) in [5.74, 6) is 0.326. The Kier molecular flexibility index (Phi) is 3.91. The van der Waals surface area contributed by atoms with E-state index in [-0.39, 0.29) is 0 Å². The van der Waals surface area contributed by atoms with Crippen molar-refractivity contribution in [1.29, 1.82) is 0 Å². The Hall–Kier alpha value is -0.830. The lowest BCUT2D eigenvalue weighted by Crippen LogP contribution is -2.52. The largest absolute Gasteiger partial charge is 0.480 e. The molecule has 4 atom stereocenters. The van der Waals surface area contributed by atoms with E-state index in [1.165, 1.54) is 12.5 Å². The number of hydrogen-bond donors (Lipinski definition) is 1. The van der Waals surface area contributed by atoms with E-state index >= 15 is 0 Å². The molecular formula is C12H21NO2. The van der Waals surface area contributed by atoms with Gasteiger partial charge in [-0.25, -0.2) is 0 Å². The highest BCUT2D eigenvalue weighted by Crippen LogP contribution is 2.28. The number of aliphatic carboxylic acids is 1. The molecule has 0 spiro atoms. The average molecular weight is 211 g/mol. The number of carboxylic acids is 1. The highest BCUT2D eigenvalue weighted by atomic mass is 16.4. The number of hydrogen-bond acceptors (Lipinski definition) is 2. The van der Waals surface area contributed by atoms with Gasteiger partial charge < -0.3 is 5.11 Å². The Morgan fingerprint density at radius 2 is 2.13 bits per heavy atom. The van der Waals surface area contributed by atoms with Crippen LogP contribution < -0.4 is 0 Å². The second kappa shape index (κ2) is 4.79. The first-order valence-electron chi connectivity index (χ1n) is 5.58. The van der Waals surface area contributed by atoms with Crippen molar-refractivity contribution in [3.8, 4) is 0 Å². The molecule has 1 N–H and O–H groups in total. The van der Waals surface area contributed by atoms with Gasteiger partial charge in [-0.2, -0.15) is 0 Å². The highest BCUT2D eigenvalue weighted by Gasteiger charge is 2.34. The SMILES string of the molecule is C=CC(C(=O)O)N1CC(C)CC(C)C1C. The van der Waals surface area contributed by atoms with Gasteiger partial charge in [0.05, 0.1) is 0 Å². The van der Waals surface area contributed by atoms with Gasteiger partial charge >= 0.3 is 5.97 Å². The van der Waals surface area contributed by atoms with Crippen molar-refractivity contribution in [2.24, 2.45) is 11.8 Å². The third kappa shape index (κ3) is 2.59.